The summed E-state index contributed by atoms with van der Waals surface area (Å²) in [6, 6.07) is 0. The lowest BCUT2D eigenvalue weighted by Gasteiger charge is -2.61. The Morgan fingerprint density at radius 2 is 2.04 bits per heavy atom. The maximum Gasteiger partial charge on any atom is 0.155 e. The lowest BCUT2D eigenvalue weighted by Crippen LogP contribution is -2.59. The van der Waals surface area contributed by atoms with Gasteiger partial charge in [0.25, 0.3) is 0 Å². The predicted octanol–water partition coefficient (Wildman–Crippen LogP) is 5.00. The highest BCUT2D eigenvalue weighted by Gasteiger charge is 2.60. The van der Waals surface area contributed by atoms with Gasteiger partial charge in [0.1, 0.15) is 5.60 Å². The molecule has 6 atom stereocenters. The van der Waals surface area contributed by atoms with Gasteiger partial charge >= 0.3 is 0 Å². The molecule has 132 valence electrons. The van der Waals surface area contributed by atoms with E-state index in [1.807, 2.05) is 6.08 Å². The number of rotatable bonds is 1. The van der Waals surface area contributed by atoms with Crippen LogP contribution in [0.5, 0.6) is 0 Å². The second kappa shape index (κ2) is 5.71. The number of fused-ring (bicyclic) bond motifs is 5. The minimum absolute atomic E-state index is 0.111. The third kappa shape index (κ3) is 2.15. The summed E-state index contributed by atoms with van der Waals surface area (Å²) in [6.45, 7) is 4.34. The number of carbonyl (C=O) groups is 1. The van der Waals surface area contributed by atoms with Crippen LogP contribution in [0.1, 0.15) is 65.2 Å². The Balaban J connectivity index is 1.68. The third-order valence-corrected chi connectivity index (χ3v) is 8.56. The highest BCUT2D eigenvalue weighted by molar-refractivity contribution is 6.30. The van der Waals surface area contributed by atoms with Gasteiger partial charge in [-0.25, -0.2) is 0 Å². The van der Waals surface area contributed by atoms with E-state index in [-0.39, 0.29) is 5.41 Å². The minimum Gasteiger partial charge on any atom is -0.384 e. The molecule has 2 saturated carbocycles. The average molecular weight is 349 g/mol. The Bertz CT molecular complexity index is 621. The van der Waals surface area contributed by atoms with Crippen molar-refractivity contribution in [2.24, 2.45) is 29.1 Å². The first-order valence-corrected chi connectivity index (χ1v) is 10.1. The number of allylic oxidation sites excluding steroid dienone is 3. The monoisotopic (exact) mass is 348 g/mol. The Labute approximate surface area is 150 Å². The summed E-state index contributed by atoms with van der Waals surface area (Å²) < 4.78 is 0. The van der Waals surface area contributed by atoms with Crippen molar-refractivity contribution < 1.29 is 9.90 Å². The number of hydrogen-bond donors (Lipinski definition) is 1. The van der Waals surface area contributed by atoms with Gasteiger partial charge in [-0.05, 0) is 74.7 Å². The van der Waals surface area contributed by atoms with Crippen LogP contribution in [0.25, 0.3) is 0 Å². The summed E-state index contributed by atoms with van der Waals surface area (Å²) >= 11 is 6.50. The SMILES string of the molecule is CCC1(O)C(Cl)=CC[C@H]2[C@@H]3CCC4=CC(=O)CC[C@@H]4[C@H]3CC[C@@]21C. The van der Waals surface area contributed by atoms with E-state index in [0.29, 0.717) is 40.9 Å². The molecule has 1 N–H and O–H groups in total. The molecular weight excluding hydrogens is 320 g/mol. The minimum atomic E-state index is -0.860. The number of halogens is 1. The first-order chi connectivity index (χ1) is 11.4. The van der Waals surface area contributed by atoms with Gasteiger partial charge in [0.15, 0.2) is 5.78 Å². The normalized spacial score (nSPS) is 47.9. The highest BCUT2D eigenvalue weighted by Crippen LogP contribution is 2.64. The lowest BCUT2D eigenvalue weighted by molar-refractivity contribution is -0.143. The van der Waals surface area contributed by atoms with Gasteiger partial charge in [-0.15, -0.1) is 0 Å². The molecule has 2 fully saturated rings. The van der Waals surface area contributed by atoms with Crippen molar-refractivity contribution in [1.82, 2.24) is 0 Å². The molecule has 0 aromatic carbocycles. The predicted molar refractivity (Wildman–Crippen MR) is 96.7 cm³/mol. The maximum atomic E-state index is 11.8. The van der Waals surface area contributed by atoms with Crippen LogP contribution < -0.4 is 0 Å². The van der Waals surface area contributed by atoms with Crippen molar-refractivity contribution in [3.8, 4) is 0 Å². The fourth-order valence-electron chi connectivity index (χ4n) is 6.69. The van der Waals surface area contributed by atoms with Crippen LogP contribution in [-0.2, 0) is 4.79 Å². The van der Waals surface area contributed by atoms with Crippen LogP contribution in [0, 0.1) is 29.1 Å². The number of carbonyl (C=O) groups excluding carboxylic acids is 1. The van der Waals surface area contributed by atoms with Gasteiger partial charge in [-0.1, -0.05) is 37.1 Å². The standard InChI is InChI=1S/C21H29ClO2/c1-3-21(24)19(22)9-8-18-17-6-4-13-12-14(23)5-7-15(13)16(17)10-11-20(18,21)2/h9,12,15-18,24H,3-8,10-11H2,1-2H3/t15-,16+,17+,18-,20-,21?/m0/s1. The highest BCUT2D eigenvalue weighted by atomic mass is 35.5. The fourth-order valence-corrected chi connectivity index (χ4v) is 7.13. The first kappa shape index (κ1) is 16.8. The zero-order valence-electron chi connectivity index (χ0n) is 14.9. The van der Waals surface area contributed by atoms with Gasteiger partial charge in [0.2, 0.25) is 0 Å². The maximum absolute atomic E-state index is 11.8. The lowest BCUT2D eigenvalue weighted by atomic mass is 9.46. The van der Waals surface area contributed by atoms with E-state index in [4.69, 9.17) is 11.6 Å². The Kier molecular flexibility index (Phi) is 4.01. The van der Waals surface area contributed by atoms with Gasteiger partial charge in [-0.3, -0.25) is 4.79 Å². The molecule has 0 spiro atoms. The van der Waals surface area contributed by atoms with Crippen molar-refractivity contribution in [3.63, 3.8) is 0 Å². The van der Waals surface area contributed by atoms with Gasteiger partial charge in [-0.2, -0.15) is 0 Å². The van der Waals surface area contributed by atoms with Crippen LogP contribution in [0.4, 0.5) is 0 Å². The summed E-state index contributed by atoms with van der Waals surface area (Å²) in [5.41, 5.74) is 0.452. The zero-order valence-corrected chi connectivity index (χ0v) is 15.6. The second-order valence-electron chi connectivity index (χ2n) is 8.76. The number of aliphatic hydroxyl groups is 1. The molecule has 2 nitrogen and oxygen atoms in total. The Hall–Kier alpha value is -0.600. The van der Waals surface area contributed by atoms with E-state index in [1.165, 1.54) is 18.4 Å². The summed E-state index contributed by atoms with van der Waals surface area (Å²) in [4.78, 5) is 11.8. The number of ketones is 1. The van der Waals surface area contributed by atoms with Crippen molar-refractivity contribution in [3.05, 3.63) is 22.8 Å². The van der Waals surface area contributed by atoms with E-state index in [9.17, 15) is 9.90 Å². The van der Waals surface area contributed by atoms with E-state index in [2.05, 4.69) is 19.9 Å². The summed E-state index contributed by atoms with van der Waals surface area (Å²) in [5, 5.41) is 12.1. The Morgan fingerprint density at radius 1 is 1.25 bits per heavy atom. The summed E-state index contributed by atoms with van der Waals surface area (Å²) in [5.74, 6) is 2.82. The second-order valence-corrected chi connectivity index (χ2v) is 9.17. The summed E-state index contributed by atoms with van der Waals surface area (Å²) in [7, 11) is 0. The van der Waals surface area contributed by atoms with Crippen LogP contribution in [0.3, 0.4) is 0 Å². The largest absolute Gasteiger partial charge is 0.384 e. The molecule has 3 heteroatoms. The molecule has 0 aromatic rings. The Morgan fingerprint density at radius 3 is 2.79 bits per heavy atom. The van der Waals surface area contributed by atoms with E-state index >= 15 is 0 Å². The molecule has 0 aromatic heterocycles. The molecule has 0 bridgehead atoms. The molecule has 0 amide bonds. The molecule has 0 saturated heterocycles. The fraction of sp³-hybridized carbons (Fsp3) is 0.762. The quantitative estimate of drug-likeness (QED) is 0.723. The van der Waals surface area contributed by atoms with E-state index in [0.717, 1.165) is 32.1 Å². The van der Waals surface area contributed by atoms with Crippen LogP contribution in [0.15, 0.2) is 22.8 Å². The molecule has 0 radical (unpaired) electrons. The average Bonchev–Trinajstić information content (AvgIpc) is 2.58. The third-order valence-electron chi connectivity index (χ3n) is 8.09. The van der Waals surface area contributed by atoms with Crippen molar-refractivity contribution in [2.45, 2.75) is 70.8 Å². The first-order valence-electron chi connectivity index (χ1n) is 9.72. The van der Waals surface area contributed by atoms with Crippen molar-refractivity contribution >= 4 is 17.4 Å². The van der Waals surface area contributed by atoms with Gasteiger partial charge in [0, 0.05) is 16.9 Å². The zero-order chi connectivity index (χ0) is 17.1. The van der Waals surface area contributed by atoms with Gasteiger partial charge in [0.05, 0.1) is 0 Å². The molecule has 4 rings (SSSR count). The molecular formula is C21H29ClO2. The molecule has 0 aliphatic heterocycles. The summed E-state index contributed by atoms with van der Waals surface area (Å²) in [6.07, 6.45) is 12.0. The molecule has 24 heavy (non-hydrogen) atoms. The van der Waals surface area contributed by atoms with Gasteiger partial charge < -0.3 is 5.11 Å². The van der Waals surface area contributed by atoms with Crippen molar-refractivity contribution in [2.75, 3.05) is 0 Å². The number of hydrogen-bond acceptors (Lipinski definition) is 2. The van der Waals surface area contributed by atoms with Crippen LogP contribution in [0.2, 0.25) is 0 Å². The molecule has 4 aliphatic carbocycles. The van der Waals surface area contributed by atoms with E-state index < -0.39 is 5.60 Å². The molecule has 1 unspecified atom stereocenters. The van der Waals surface area contributed by atoms with Crippen molar-refractivity contribution in [1.29, 1.82) is 0 Å². The van der Waals surface area contributed by atoms with E-state index in [1.54, 1.807) is 0 Å². The molecule has 4 aliphatic rings. The van der Waals surface area contributed by atoms with Crippen LogP contribution >= 0.6 is 11.6 Å². The van der Waals surface area contributed by atoms with Crippen LogP contribution in [-0.4, -0.2) is 16.5 Å². The topological polar surface area (TPSA) is 37.3 Å². The molecule has 0 heterocycles. The smallest absolute Gasteiger partial charge is 0.155 e.